The minimum atomic E-state index is 0.147. The van der Waals surface area contributed by atoms with Crippen LogP contribution >= 0.6 is 0 Å². The van der Waals surface area contributed by atoms with Gasteiger partial charge in [0.05, 0.1) is 12.6 Å². The van der Waals surface area contributed by atoms with E-state index in [1.54, 1.807) is 0 Å². The Kier molecular flexibility index (Phi) is 13.6. The Morgan fingerprint density at radius 2 is 1.59 bits per heavy atom. The zero-order valence-corrected chi connectivity index (χ0v) is 15.5. The maximum Gasteiger partial charge on any atom is 0.234 e. The Labute approximate surface area is 138 Å². The fraction of sp³-hybridized carbons (Fsp3) is 0.944. The number of hydrogen-bond donors (Lipinski definition) is 1. The third kappa shape index (κ3) is 15.8. The summed E-state index contributed by atoms with van der Waals surface area (Å²) in [7, 11) is 2.00. The number of likely N-dealkylation sites (N-methyl/N-ethyl adjacent to an activating group) is 1. The zero-order chi connectivity index (χ0) is 16.8. The fourth-order valence-corrected chi connectivity index (χ4v) is 2.47. The number of carbonyl (C=O) groups excluding carboxylic acids is 1. The first kappa shape index (κ1) is 21.4. The van der Waals surface area contributed by atoms with Gasteiger partial charge in [-0.25, -0.2) is 0 Å². The molecule has 0 radical (unpaired) electrons. The minimum Gasteiger partial charge on any atom is -0.379 e. The lowest BCUT2D eigenvalue weighted by Crippen LogP contribution is -2.37. The Balaban J connectivity index is 3.30. The van der Waals surface area contributed by atoms with Crippen molar-refractivity contribution in [2.75, 3.05) is 33.3 Å². The van der Waals surface area contributed by atoms with Gasteiger partial charge in [-0.1, -0.05) is 39.5 Å². The maximum atomic E-state index is 11.7. The Morgan fingerprint density at radius 1 is 1.00 bits per heavy atom. The number of nitrogens with zero attached hydrogens (tertiary/aromatic N) is 1. The SMILES string of the molecule is CC(C)CN(C)CC(=O)NCCCCCCCCOC(C)C. The van der Waals surface area contributed by atoms with Crippen LogP contribution in [-0.4, -0.2) is 50.2 Å². The van der Waals surface area contributed by atoms with Crippen molar-refractivity contribution in [3.05, 3.63) is 0 Å². The molecule has 0 aromatic rings. The number of rotatable bonds is 14. The first-order valence-electron chi connectivity index (χ1n) is 8.98. The first-order chi connectivity index (χ1) is 10.4. The van der Waals surface area contributed by atoms with E-state index in [9.17, 15) is 4.79 Å². The second-order valence-corrected chi connectivity index (χ2v) is 6.98. The van der Waals surface area contributed by atoms with E-state index >= 15 is 0 Å². The molecule has 0 fully saturated rings. The van der Waals surface area contributed by atoms with Gasteiger partial charge in [0.1, 0.15) is 0 Å². The molecule has 4 nitrogen and oxygen atoms in total. The molecule has 0 bridgehead atoms. The molecule has 132 valence electrons. The number of nitrogens with one attached hydrogen (secondary N) is 1. The molecular formula is C18H38N2O2. The number of unbranched alkanes of at least 4 members (excludes halogenated alkanes) is 5. The van der Waals surface area contributed by atoms with Crippen molar-refractivity contribution >= 4 is 5.91 Å². The van der Waals surface area contributed by atoms with Crippen molar-refractivity contribution in [3.63, 3.8) is 0 Å². The Bertz CT molecular complexity index is 268. The lowest BCUT2D eigenvalue weighted by molar-refractivity contribution is -0.122. The Hall–Kier alpha value is -0.610. The quantitative estimate of drug-likeness (QED) is 0.499. The van der Waals surface area contributed by atoms with Gasteiger partial charge in [0, 0.05) is 19.7 Å². The van der Waals surface area contributed by atoms with E-state index in [0.717, 1.165) is 32.5 Å². The highest BCUT2D eigenvalue weighted by molar-refractivity contribution is 5.77. The smallest absolute Gasteiger partial charge is 0.234 e. The summed E-state index contributed by atoms with van der Waals surface area (Å²) in [6.07, 6.45) is 7.58. The molecule has 0 aliphatic carbocycles. The Morgan fingerprint density at radius 3 is 2.18 bits per heavy atom. The van der Waals surface area contributed by atoms with Crippen molar-refractivity contribution in [3.8, 4) is 0 Å². The summed E-state index contributed by atoms with van der Waals surface area (Å²) in [5, 5.41) is 3.01. The average molecular weight is 315 g/mol. The standard InChI is InChI=1S/C18H38N2O2/c1-16(2)14-20(5)15-18(21)19-12-10-8-6-7-9-11-13-22-17(3)4/h16-17H,6-15H2,1-5H3,(H,19,21). The van der Waals surface area contributed by atoms with Crippen LogP contribution in [0.4, 0.5) is 0 Å². The number of ether oxygens (including phenoxy) is 1. The molecule has 0 saturated heterocycles. The summed E-state index contributed by atoms with van der Waals surface area (Å²) in [5.74, 6) is 0.748. The van der Waals surface area contributed by atoms with Crippen LogP contribution in [0.3, 0.4) is 0 Å². The van der Waals surface area contributed by atoms with Crippen molar-refractivity contribution in [1.29, 1.82) is 0 Å². The number of hydrogen-bond acceptors (Lipinski definition) is 3. The van der Waals surface area contributed by atoms with E-state index in [-0.39, 0.29) is 5.91 Å². The van der Waals surface area contributed by atoms with Gasteiger partial charge in [0.25, 0.3) is 0 Å². The predicted octanol–water partition coefficient (Wildman–Crippen LogP) is 3.46. The summed E-state index contributed by atoms with van der Waals surface area (Å²) in [5.41, 5.74) is 0. The monoisotopic (exact) mass is 314 g/mol. The van der Waals surface area contributed by atoms with Crippen molar-refractivity contribution in [1.82, 2.24) is 10.2 Å². The normalized spacial score (nSPS) is 11.6. The largest absolute Gasteiger partial charge is 0.379 e. The van der Waals surface area contributed by atoms with Gasteiger partial charge < -0.3 is 10.1 Å². The number of amides is 1. The maximum absolute atomic E-state index is 11.7. The highest BCUT2D eigenvalue weighted by Gasteiger charge is 2.07. The van der Waals surface area contributed by atoms with Gasteiger partial charge in [-0.05, 0) is 39.7 Å². The molecule has 0 aromatic heterocycles. The zero-order valence-electron chi connectivity index (χ0n) is 15.5. The summed E-state index contributed by atoms with van der Waals surface area (Å²) in [6, 6.07) is 0. The highest BCUT2D eigenvalue weighted by Crippen LogP contribution is 2.05. The molecule has 1 amide bonds. The van der Waals surface area contributed by atoms with Crippen LogP contribution in [0.1, 0.15) is 66.2 Å². The summed E-state index contributed by atoms with van der Waals surface area (Å²) >= 11 is 0. The van der Waals surface area contributed by atoms with Gasteiger partial charge in [-0.15, -0.1) is 0 Å². The minimum absolute atomic E-state index is 0.147. The second-order valence-electron chi connectivity index (χ2n) is 6.98. The van der Waals surface area contributed by atoms with E-state index in [1.165, 1.54) is 25.7 Å². The lowest BCUT2D eigenvalue weighted by Gasteiger charge is -2.18. The molecule has 0 aromatic carbocycles. The molecule has 4 heteroatoms. The van der Waals surface area contributed by atoms with Gasteiger partial charge in [-0.2, -0.15) is 0 Å². The van der Waals surface area contributed by atoms with Crippen LogP contribution in [0.25, 0.3) is 0 Å². The van der Waals surface area contributed by atoms with Crippen molar-refractivity contribution < 1.29 is 9.53 Å². The molecule has 0 spiro atoms. The average Bonchev–Trinajstić information content (AvgIpc) is 2.39. The lowest BCUT2D eigenvalue weighted by atomic mass is 10.1. The fourth-order valence-electron chi connectivity index (χ4n) is 2.47. The van der Waals surface area contributed by atoms with E-state index in [2.05, 4.69) is 37.9 Å². The molecule has 0 heterocycles. The topological polar surface area (TPSA) is 41.6 Å². The van der Waals surface area contributed by atoms with Crippen LogP contribution < -0.4 is 5.32 Å². The van der Waals surface area contributed by atoms with Crippen molar-refractivity contribution in [2.45, 2.75) is 72.3 Å². The van der Waals surface area contributed by atoms with Crippen LogP contribution in [0, 0.1) is 5.92 Å². The van der Waals surface area contributed by atoms with Crippen LogP contribution in [0.15, 0.2) is 0 Å². The highest BCUT2D eigenvalue weighted by atomic mass is 16.5. The molecule has 22 heavy (non-hydrogen) atoms. The van der Waals surface area contributed by atoms with Gasteiger partial charge in [0.2, 0.25) is 5.91 Å². The van der Waals surface area contributed by atoms with Crippen LogP contribution in [0.2, 0.25) is 0 Å². The summed E-state index contributed by atoms with van der Waals surface area (Å²) < 4.78 is 5.52. The van der Waals surface area contributed by atoms with E-state index in [1.807, 2.05) is 7.05 Å². The molecule has 0 saturated carbocycles. The first-order valence-corrected chi connectivity index (χ1v) is 8.98. The van der Waals surface area contributed by atoms with E-state index in [4.69, 9.17) is 4.74 Å². The molecule has 0 rings (SSSR count). The van der Waals surface area contributed by atoms with E-state index < -0.39 is 0 Å². The third-order valence-corrected chi connectivity index (χ3v) is 3.43. The summed E-state index contributed by atoms with van der Waals surface area (Å²) in [6.45, 7) is 11.7. The predicted molar refractivity (Wildman–Crippen MR) is 94.1 cm³/mol. The molecule has 0 unspecified atom stereocenters. The van der Waals surface area contributed by atoms with Crippen LogP contribution in [0.5, 0.6) is 0 Å². The van der Waals surface area contributed by atoms with Gasteiger partial charge in [-0.3, -0.25) is 9.69 Å². The van der Waals surface area contributed by atoms with Crippen LogP contribution in [-0.2, 0) is 9.53 Å². The summed E-state index contributed by atoms with van der Waals surface area (Å²) in [4.78, 5) is 13.8. The molecule has 0 aliphatic rings. The van der Waals surface area contributed by atoms with Crippen molar-refractivity contribution in [2.24, 2.45) is 5.92 Å². The molecule has 0 aliphatic heterocycles. The molecule has 1 N–H and O–H groups in total. The molecule has 0 atom stereocenters. The third-order valence-electron chi connectivity index (χ3n) is 3.43. The van der Waals surface area contributed by atoms with Gasteiger partial charge in [0.15, 0.2) is 0 Å². The number of carbonyl (C=O) groups is 1. The van der Waals surface area contributed by atoms with Gasteiger partial charge >= 0.3 is 0 Å². The second kappa shape index (κ2) is 14.0. The van der Waals surface area contributed by atoms with E-state index in [0.29, 0.717) is 18.6 Å². The molecular weight excluding hydrogens is 276 g/mol.